The van der Waals surface area contributed by atoms with Crippen molar-refractivity contribution >= 4 is 33.2 Å². The van der Waals surface area contributed by atoms with E-state index >= 15 is 0 Å². The van der Waals surface area contributed by atoms with Crippen LogP contribution in [0.3, 0.4) is 0 Å². The Balaban J connectivity index is 2.29. The third-order valence-corrected chi connectivity index (χ3v) is 3.19. The monoisotopic (exact) mass is 302 g/mol. The molecule has 0 radical (unpaired) electrons. The Morgan fingerprint density at radius 1 is 1.62 bits per heavy atom. The molecular formula is C9H7BrN2O3S. The van der Waals surface area contributed by atoms with E-state index in [1.54, 1.807) is 17.5 Å². The lowest BCUT2D eigenvalue weighted by atomic mass is 10.2. The standard InChI is InChI=1S/C9H7BrN2O3S/c10-6-2-1-5(15-6)8-12-4(3-16-8)7(11)9(13)14/h1-3,7H,11H2,(H,13,14). The van der Waals surface area contributed by atoms with E-state index in [1.165, 1.54) is 11.3 Å². The maximum absolute atomic E-state index is 10.7. The third kappa shape index (κ3) is 2.16. The van der Waals surface area contributed by atoms with E-state index < -0.39 is 12.0 Å². The Labute approximate surface area is 103 Å². The predicted molar refractivity (Wildman–Crippen MR) is 62.1 cm³/mol. The van der Waals surface area contributed by atoms with Crippen LogP contribution >= 0.6 is 27.3 Å². The Morgan fingerprint density at radius 2 is 2.38 bits per heavy atom. The Morgan fingerprint density at radius 3 is 2.94 bits per heavy atom. The molecule has 0 aliphatic carbocycles. The van der Waals surface area contributed by atoms with E-state index in [1.807, 2.05) is 0 Å². The van der Waals surface area contributed by atoms with Crippen molar-refractivity contribution in [1.29, 1.82) is 0 Å². The van der Waals surface area contributed by atoms with E-state index in [0.717, 1.165) is 0 Å². The summed E-state index contributed by atoms with van der Waals surface area (Å²) in [5.74, 6) is -0.516. The summed E-state index contributed by atoms with van der Waals surface area (Å²) in [7, 11) is 0. The average molecular weight is 303 g/mol. The van der Waals surface area contributed by atoms with Crippen LogP contribution in [-0.4, -0.2) is 16.1 Å². The molecule has 2 heterocycles. The zero-order chi connectivity index (χ0) is 11.7. The molecule has 2 rings (SSSR count). The highest BCUT2D eigenvalue weighted by molar-refractivity contribution is 9.10. The molecule has 0 saturated heterocycles. The number of hydrogen-bond acceptors (Lipinski definition) is 5. The fraction of sp³-hybridized carbons (Fsp3) is 0.111. The largest absolute Gasteiger partial charge is 0.480 e. The van der Waals surface area contributed by atoms with Crippen LogP contribution in [0, 0.1) is 0 Å². The van der Waals surface area contributed by atoms with Crippen LogP contribution in [0.2, 0.25) is 0 Å². The molecule has 1 unspecified atom stereocenters. The average Bonchev–Trinajstić information content (AvgIpc) is 2.84. The van der Waals surface area contributed by atoms with E-state index in [9.17, 15) is 4.79 Å². The van der Waals surface area contributed by atoms with Crippen LogP contribution in [0.25, 0.3) is 10.8 Å². The summed E-state index contributed by atoms with van der Waals surface area (Å²) in [6.07, 6.45) is 0. The Bertz CT molecular complexity index is 522. The number of furan rings is 1. The van der Waals surface area contributed by atoms with Gasteiger partial charge in [0.1, 0.15) is 6.04 Å². The van der Waals surface area contributed by atoms with Crippen molar-refractivity contribution in [3.63, 3.8) is 0 Å². The SMILES string of the molecule is NC(C(=O)O)c1csc(-c2ccc(Br)o2)n1. The normalized spacial score (nSPS) is 12.6. The van der Waals surface area contributed by atoms with E-state index in [4.69, 9.17) is 15.3 Å². The van der Waals surface area contributed by atoms with E-state index in [2.05, 4.69) is 20.9 Å². The van der Waals surface area contributed by atoms with Gasteiger partial charge in [0.05, 0.1) is 5.69 Å². The van der Waals surface area contributed by atoms with Crippen molar-refractivity contribution in [3.8, 4) is 10.8 Å². The highest BCUT2D eigenvalue weighted by Gasteiger charge is 2.18. The topological polar surface area (TPSA) is 89.4 Å². The molecule has 0 amide bonds. The maximum atomic E-state index is 10.7. The zero-order valence-electron chi connectivity index (χ0n) is 7.88. The molecule has 0 saturated carbocycles. The zero-order valence-corrected chi connectivity index (χ0v) is 10.3. The van der Waals surface area contributed by atoms with Crippen molar-refractivity contribution in [3.05, 3.63) is 27.9 Å². The van der Waals surface area contributed by atoms with Crippen molar-refractivity contribution < 1.29 is 14.3 Å². The minimum Gasteiger partial charge on any atom is -0.480 e. The van der Waals surface area contributed by atoms with Crippen molar-refractivity contribution in [1.82, 2.24) is 4.98 Å². The number of nitrogens with two attached hydrogens (primary N) is 1. The third-order valence-electron chi connectivity index (χ3n) is 1.89. The number of carboxylic acid groups (broad SMARTS) is 1. The first kappa shape index (κ1) is 11.3. The van der Waals surface area contributed by atoms with Crippen LogP contribution in [0.5, 0.6) is 0 Å². The van der Waals surface area contributed by atoms with Crippen molar-refractivity contribution in [2.24, 2.45) is 5.73 Å². The van der Waals surface area contributed by atoms with Gasteiger partial charge < -0.3 is 15.3 Å². The molecule has 0 aliphatic rings. The molecule has 0 fully saturated rings. The molecule has 84 valence electrons. The summed E-state index contributed by atoms with van der Waals surface area (Å²) >= 11 is 4.47. The number of rotatable bonds is 3. The molecular weight excluding hydrogens is 296 g/mol. The summed E-state index contributed by atoms with van der Waals surface area (Å²) in [6, 6.07) is 2.40. The van der Waals surface area contributed by atoms with Gasteiger partial charge in [0.25, 0.3) is 0 Å². The highest BCUT2D eigenvalue weighted by atomic mass is 79.9. The number of aromatic nitrogens is 1. The molecule has 16 heavy (non-hydrogen) atoms. The van der Waals surface area contributed by atoms with Crippen LogP contribution in [0.15, 0.2) is 26.6 Å². The first-order chi connectivity index (χ1) is 7.58. The Hall–Kier alpha value is -1.18. The van der Waals surface area contributed by atoms with Gasteiger partial charge in [0.2, 0.25) is 0 Å². The van der Waals surface area contributed by atoms with Gasteiger partial charge in [-0.15, -0.1) is 11.3 Å². The molecule has 2 aromatic heterocycles. The summed E-state index contributed by atoms with van der Waals surface area (Å²) in [5.41, 5.74) is 5.77. The minimum absolute atomic E-state index is 0.333. The molecule has 0 spiro atoms. The lowest BCUT2D eigenvalue weighted by Gasteiger charge is -1.99. The van der Waals surface area contributed by atoms with Gasteiger partial charge in [-0.3, -0.25) is 4.79 Å². The van der Waals surface area contributed by atoms with E-state index in [-0.39, 0.29) is 0 Å². The number of halogens is 1. The smallest absolute Gasteiger partial charge is 0.326 e. The second-order valence-corrected chi connectivity index (χ2v) is 4.64. The second kappa shape index (κ2) is 4.36. The fourth-order valence-corrected chi connectivity index (χ4v) is 2.22. The summed E-state index contributed by atoms with van der Waals surface area (Å²) in [4.78, 5) is 14.8. The van der Waals surface area contributed by atoms with Crippen LogP contribution < -0.4 is 5.73 Å². The van der Waals surface area contributed by atoms with Crippen LogP contribution in [0.4, 0.5) is 0 Å². The number of aliphatic carboxylic acids is 1. The first-order valence-corrected chi connectivity index (χ1v) is 5.94. The summed E-state index contributed by atoms with van der Waals surface area (Å²) in [5, 5.41) is 11.0. The predicted octanol–water partition coefficient (Wildman–Crippen LogP) is 2.25. The summed E-state index contributed by atoms with van der Waals surface area (Å²) in [6.45, 7) is 0. The number of thiazole rings is 1. The fourth-order valence-electron chi connectivity index (χ4n) is 1.10. The number of carbonyl (C=O) groups is 1. The van der Waals surface area contributed by atoms with Crippen LogP contribution in [-0.2, 0) is 4.79 Å². The van der Waals surface area contributed by atoms with E-state index in [0.29, 0.717) is 21.1 Å². The molecule has 0 bridgehead atoms. The molecule has 2 aromatic rings. The van der Waals surface area contributed by atoms with Crippen molar-refractivity contribution in [2.45, 2.75) is 6.04 Å². The lowest BCUT2D eigenvalue weighted by Crippen LogP contribution is -2.20. The summed E-state index contributed by atoms with van der Waals surface area (Å²) < 4.78 is 5.90. The molecule has 1 atom stereocenters. The molecule has 0 aliphatic heterocycles. The van der Waals surface area contributed by atoms with Gasteiger partial charge >= 0.3 is 5.97 Å². The number of carboxylic acids is 1. The second-order valence-electron chi connectivity index (χ2n) is 3.00. The molecule has 0 aromatic carbocycles. The lowest BCUT2D eigenvalue weighted by molar-refractivity contribution is -0.138. The molecule has 7 heteroatoms. The van der Waals surface area contributed by atoms with Crippen molar-refractivity contribution in [2.75, 3.05) is 0 Å². The van der Waals surface area contributed by atoms with Gasteiger partial charge in [0.15, 0.2) is 15.4 Å². The van der Waals surface area contributed by atoms with Gasteiger partial charge in [-0.2, -0.15) is 0 Å². The van der Waals surface area contributed by atoms with Gasteiger partial charge in [-0.1, -0.05) is 0 Å². The number of nitrogens with zero attached hydrogens (tertiary/aromatic N) is 1. The minimum atomic E-state index is -1.10. The quantitative estimate of drug-likeness (QED) is 0.907. The Kier molecular flexibility index (Phi) is 3.08. The van der Waals surface area contributed by atoms with Crippen LogP contribution in [0.1, 0.15) is 11.7 Å². The van der Waals surface area contributed by atoms with Gasteiger partial charge in [-0.25, -0.2) is 4.98 Å². The number of hydrogen-bond donors (Lipinski definition) is 2. The molecule has 3 N–H and O–H groups in total. The van der Waals surface area contributed by atoms with Gasteiger partial charge in [0, 0.05) is 5.38 Å². The maximum Gasteiger partial charge on any atom is 0.326 e. The highest BCUT2D eigenvalue weighted by Crippen LogP contribution is 2.28. The van der Waals surface area contributed by atoms with Gasteiger partial charge in [-0.05, 0) is 28.1 Å². The first-order valence-electron chi connectivity index (χ1n) is 4.27. The molecule has 5 nitrogen and oxygen atoms in total.